The number of nitrogens with one attached hydrogen (secondary N) is 1. The third-order valence-electron chi connectivity index (χ3n) is 1.64. The van der Waals surface area contributed by atoms with Crippen molar-refractivity contribution in [2.45, 2.75) is 9.37 Å². The van der Waals surface area contributed by atoms with Crippen molar-refractivity contribution >= 4 is 29.1 Å². The van der Waals surface area contributed by atoms with E-state index in [-0.39, 0.29) is 0 Å². The summed E-state index contributed by atoms with van der Waals surface area (Å²) < 4.78 is 9.86. The summed E-state index contributed by atoms with van der Waals surface area (Å²) in [4.78, 5) is 12.1. The van der Waals surface area contributed by atoms with E-state index in [9.17, 15) is 0 Å². The summed E-state index contributed by atoms with van der Waals surface area (Å²) in [6.07, 6.45) is 2.89. The average molecular weight is 256 g/mol. The lowest BCUT2D eigenvalue weighted by atomic mass is 10.5. The molecule has 16 heavy (non-hydrogen) atoms. The van der Waals surface area contributed by atoms with Crippen molar-refractivity contribution in [3.05, 3.63) is 12.7 Å². The lowest BCUT2D eigenvalue weighted by molar-refractivity contribution is 0.400. The molecule has 2 heterocycles. The van der Waals surface area contributed by atoms with Crippen LogP contribution in [0.3, 0.4) is 0 Å². The van der Waals surface area contributed by atoms with Crippen LogP contribution in [-0.2, 0) is 0 Å². The van der Waals surface area contributed by atoms with Crippen LogP contribution < -0.4 is 16.0 Å². The second-order valence-corrected chi connectivity index (χ2v) is 4.53. The third kappa shape index (κ3) is 2.21. The average Bonchev–Trinajstić information content (AvgIpc) is 2.81. The predicted molar refractivity (Wildman–Crippen MR) is 60.4 cm³/mol. The molecular weight excluding hydrogens is 248 g/mol. The quantitative estimate of drug-likeness (QED) is 0.470. The molecule has 0 atom stereocenters. The number of aromatic nitrogens is 4. The van der Waals surface area contributed by atoms with Crippen LogP contribution in [0.4, 0.5) is 5.82 Å². The molecule has 2 rings (SSSR count). The van der Waals surface area contributed by atoms with E-state index in [0.717, 1.165) is 4.34 Å². The number of hydrogen-bond acceptors (Lipinski definition) is 9. The number of rotatable bonds is 4. The molecule has 0 aromatic carbocycles. The Kier molecular flexibility index (Phi) is 3.49. The van der Waals surface area contributed by atoms with Crippen molar-refractivity contribution in [1.82, 2.24) is 19.3 Å². The number of ether oxygens (including phenoxy) is 1. The number of nitrogens with two attached hydrogens (primary N) is 1. The molecule has 0 fully saturated rings. The van der Waals surface area contributed by atoms with Gasteiger partial charge in [-0.3, -0.25) is 0 Å². The van der Waals surface area contributed by atoms with E-state index < -0.39 is 0 Å². The molecule has 0 aliphatic rings. The number of methoxy groups -OCH3 is 1. The number of anilines is 1. The zero-order chi connectivity index (χ0) is 11.4. The van der Waals surface area contributed by atoms with Crippen LogP contribution in [0.2, 0.25) is 0 Å². The fourth-order valence-electron chi connectivity index (χ4n) is 1.01. The minimum absolute atomic E-state index is 0.435. The van der Waals surface area contributed by atoms with Crippen molar-refractivity contribution < 1.29 is 4.74 Å². The molecule has 0 amide bonds. The van der Waals surface area contributed by atoms with Crippen molar-refractivity contribution in [1.29, 1.82) is 0 Å². The van der Waals surface area contributed by atoms with Crippen molar-refractivity contribution in [2.24, 2.45) is 5.84 Å². The molecule has 84 valence electrons. The molecule has 3 N–H and O–H groups in total. The summed E-state index contributed by atoms with van der Waals surface area (Å²) >= 11 is 2.63. The van der Waals surface area contributed by atoms with Gasteiger partial charge in [0.1, 0.15) is 12.7 Å². The molecule has 2 aromatic heterocycles. The van der Waals surface area contributed by atoms with Gasteiger partial charge in [0.2, 0.25) is 0 Å². The molecule has 0 unspecified atom stereocenters. The largest absolute Gasteiger partial charge is 0.490 e. The van der Waals surface area contributed by atoms with Crippen LogP contribution in [-0.4, -0.2) is 26.4 Å². The lowest BCUT2D eigenvalue weighted by Gasteiger charge is -2.08. The first kappa shape index (κ1) is 11.0. The van der Waals surface area contributed by atoms with Gasteiger partial charge in [0.15, 0.2) is 20.9 Å². The molecule has 0 bridgehead atoms. The van der Waals surface area contributed by atoms with Gasteiger partial charge in [-0.25, -0.2) is 20.8 Å². The monoisotopic (exact) mass is 256 g/mol. The summed E-state index contributed by atoms with van der Waals surface area (Å²) in [7, 11) is 1.53. The van der Waals surface area contributed by atoms with Gasteiger partial charge in [-0.1, -0.05) is 0 Å². The molecular formula is C7H8N6OS2. The number of hydrazine groups is 1. The lowest BCUT2D eigenvalue weighted by Crippen LogP contribution is -2.10. The van der Waals surface area contributed by atoms with Crippen molar-refractivity contribution in [3.63, 3.8) is 0 Å². The Bertz CT molecular complexity index is 462. The van der Waals surface area contributed by atoms with E-state index in [1.807, 2.05) is 0 Å². The highest BCUT2D eigenvalue weighted by Gasteiger charge is 2.13. The minimum Gasteiger partial charge on any atom is -0.490 e. The Morgan fingerprint density at radius 2 is 2.25 bits per heavy atom. The molecule has 0 radical (unpaired) electrons. The van der Waals surface area contributed by atoms with E-state index in [2.05, 4.69) is 24.8 Å². The smallest absolute Gasteiger partial charge is 0.195 e. The van der Waals surface area contributed by atoms with Gasteiger partial charge in [-0.05, 0) is 23.3 Å². The summed E-state index contributed by atoms with van der Waals surface area (Å²) in [5.74, 6) is 6.24. The van der Waals surface area contributed by atoms with Crippen LogP contribution in [0, 0.1) is 0 Å². The Morgan fingerprint density at radius 3 is 2.88 bits per heavy atom. The Morgan fingerprint density at radius 1 is 1.38 bits per heavy atom. The first-order valence-corrected chi connectivity index (χ1v) is 5.74. The molecule has 0 spiro atoms. The zero-order valence-corrected chi connectivity index (χ0v) is 9.88. The van der Waals surface area contributed by atoms with E-state index in [0.29, 0.717) is 16.6 Å². The van der Waals surface area contributed by atoms with Gasteiger partial charge in [-0.15, -0.1) is 0 Å². The highest BCUT2D eigenvalue weighted by molar-refractivity contribution is 8.01. The molecule has 0 aliphatic heterocycles. The summed E-state index contributed by atoms with van der Waals surface area (Å²) in [5.41, 5.74) is 2.44. The van der Waals surface area contributed by atoms with Gasteiger partial charge in [0, 0.05) is 0 Å². The van der Waals surface area contributed by atoms with Crippen LogP contribution in [0.5, 0.6) is 5.75 Å². The third-order valence-corrected chi connectivity index (χ3v) is 3.34. The Hall–Kier alpha value is -1.45. The molecule has 2 aromatic rings. The summed E-state index contributed by atoms with van der Waals surface area (Å²) in [6.45, 7) is 0. The van der Waals surface area contributed by atoms with Gasteiger partial charge in [0.25, 0.3) is 0 Å². The van der Waals surface area contributed by atoms with Crippen molar-refractivity contribution in [2.75, 3.05) is 12.5 Å². The van der Waals surface area contributed by atoms with Crippen LogP contribution in [0.1, 0.15) is 0 Å². The maximum Gasteiger partial charge on any atom is 0.195 e. The summed E-state index contributed by atoms with van der Waals surface area (Å²) in [5, 5.41) is 0.641. The fraction of sp³-hybridized carbons (Fsp3) is 0.143. The van der Waals surface area contributed by atoms with Gasteiger partial charge in [-0.2, -0.15) is 4.37 Å². The Labute approximate surface area is 99.6 Å². The first-order chi connectivity index (χ1) is 7.85. The standard InChI is InChI=1S/C7H8N6OS2/c1-14-4-5(13-8)9-2-10-6(4)15-7-11-3-12-16-7/h2-3H,8H2,1H3,(H,9,10,13). The topological polar surface area (TPSA) is 98.8 Å². The molecule has 0 aliphatic carbocycles. The second-order valence-electron chi connectivity index (χ2n) is 2.51. The van der Waals surface area contributed by atoms with Crippen LogP contribution >= 0.6 is 23.3 Å². The zero-order valence-electron chi connectivity index (χ0n) is 8.25. The number of nitrogens with zero attached hydrogens (tertiary/aromatic N) is 4. The van der Waals surface area contributed by atoms with Gasteiger partial charge >= 0.3 is 0 Å². The SMILES string of the molecule is COc1c(NN)ncnc1Sc1ncns1. The maximum atomic E-state index is 5.31. The minimum atomic E-state index is 0.435. The van der Waals surface area contributed by atoms with E-state index >= 15 is 0 Å². The number of hydrogen-bond donors (Lipinski definition) is 2. The molecule has 7 nitrogen and oxygen atoms in total. The summed E-state index contributed by atoms with van der Waals surface area (Å²) in [6, 6.07) is 0. The highest BCUT2D eigenvalue weighted by Crippen LogP contribution is 2.36. The van der Waals surface area contributed by atoms with E-state index in [1.165, 1.54) is 43.1 Å². The van der Waals surface area contributed by atoms with E-state index in [1.54, 1.807) is 0 Å². The van der Waals surface area contributed by atoms with Crippen molar-refractivity contribution in [3.8, 4) is 5.75 Å². The van der Waals surface area contributed by atoms with Gasteiger partial charge in [0.05, 0.1) is 7.11 Å². The second kappa shape index (κ2) is 5.05. The normalized spacial score (nSPS) is 10.1. The molecule has 0 saturated carbocycles. The molecule has 0 saturated heterocycles. The highest BCUT2D eigenvalue weighted by atomic mass is 32.2. The number of nitrogen functional groups attached to an aromatic ring is 1. The fourth-order valence-corrected chi connectivity index (χ4v) is 2.44. The van der Waals surface area contributed by atoms with Gasteiger partial charge < -0.3 is 10.2 Å². The predicted octanol–water partition coefficient (Wildman–Crippen LogP) is 0.773. The first-order valence-electron chi connectivity index (χ1n) is 4.15. The maximum absolute atomic E-state index is 5.31. The Balaban J connectivity index is 2.33. The van der Waals surface area contributed by atoms with E-state index in [4.69, 9.17) is 10.6 Å². The molecule has 9 heteroatoms. The van der Waals surface area contributed by atoms with Crippen LogP contribution in [0.25, 0.3) is 0 Å². The van der Waals surface area contributed by atoms with Crippen LogP contribution in [0.15, 0.2) is 22.0 Å².